The topological polar surface area (TPSA) is 134 Å². The Labute approximate surface area is 194 Å². The predicted molar refractivity (Wildman–Crippen MR) is 111 cm³/mol. The third-order valence-electron chi connectivity index (χ3n) is 4.42. The first-order chi connectivity index (χ1) is 16.0. The second-order valence-electron chi connectivity index (χ2n) is 6.85. The van der Waals surface area contributed by atoms with E-state index in [9.17, 15) is 14.4 Å². The molecule has 1 aliphatic rings. The Bertz CT molecular complexity index is 569. The lowest BCUT2D eigenvalue weighted by Crippen LogP contribution is -2.42. The number of rotatable bonds is 18. The number of ether oxygens (including phenoxy) is 9. The maximum absolute atomic E-state index is 12.0. The zero-order valence-electron chi connectivity index (χ0n) is 19.8. The van der Waals surface area contributed by atoms with E-state index in [4.69, 9.17) is 42.6 Å². The Morgan fingerprint density at radius 3 is 1.82 bits per heavy atom. The van der Waals surface area contributed by atoms with Gasteiger partial charge in [0.1, 0.15) is 19.3 Å². The van der Waals surface area contributed by atoms with Crippen molar-refractivity contribution in [2.24, 2.45) is 0 Å². The highest BCUT2D eigenvalue weighted by atomic mass is 16.7. The fraction of sp³-hybridized carbons (Fsp3) is 0.857. The van der Waals surface area contributed by atoms with Gasteiger partial charge in [-0.2, -0.15) is 0 Å². The monoisotopic (exact) mass is 480 g/mol. The number of hydrogen-bond acceptors (Lipinski definition) is 12. The minimum Gasteiger partial charge on any atom is -0.461 e. The van der Waals surface area contributed by atoms with Crippen molar-refractivity contribution in [3.8, 4) is 0 Å². The second-order valence-corrected chi connectivity index (χ2v) is 6.85. The molecule has 0 spiro atoms. The zero-order chi connectivity index (χ0) is 24.5. The normalized spacial score (nSPS) is 22.2. The smallest absolute Gasteiger partial charge is 0.332 e. The largest absolute Gasteiger partial charge is 0.461 e. The van der Waals surface area contributed by atoms with E-state index >= 15 is 0 Å². The van der Waals surface area contributed by atoms with Crippen LogP contribution in [-0.2, 0) is 57.0 Å². The molecule has 0 N–H and O–H groups in total. The van der Waals surface area contributed by atoms with Crippen LogP contribution >= 0.6 is 0 Å². The Balaban J connectivity index is 2.38. The number of carbonyl (C=O) groups is 3. The van der Waals surface area contributed by atoms with E-state index < -0.39 is 42.5 Å². The summed E-state index contributed by atoms with van der Waals surface area (Å²) in [5.74, 6) is -1.65. The summed E-state index contributed by atoms with van der Waals surface area (Å²) in [6.45, 7) is 5.09. The highest BCUT2D eigenvalue weighted by Crippen LogP contribution is 2.28. The Hall–Kier alpha value is -1.83. The number of esters is 3. The Morgan fingerprint density at radius 1 is 0.727 bits per heavy atom. The molecule has 0 amide bonds. The van der Waals surface area contributed by atoms with Gasteiger partial charge in [0.2, 0.25) is 0 Å². The molecule has 192 valence electrons. The summed E-state index contributed by atoms with van der Waals surface area (Å²) < 4.78 is 47.4. The number of carbonyl (C=O) groups excluding carboxylic acids is 3. The van der Waals surface area contributed by atoms with Crippen molar-refractivity contribution in [1.82, 2.24) is 0 Å². The first-order valence-electron chi connectivity index (χ1n) is 10.9. The van der Waals surface area contributed by atoms with E-state index in [0.29, 0.717) is 33.0 Å². The van der Waals surface area contributed by atoms with Crippen molar-refractivity contribution in [3.05, 3.63) is 0 Å². The van der Waals surface area contributed by atoms with Gasteiger partial charge in [0.25, 0.3) is 0 Å². The highest BCUT2D eigenvalue weighted by Gasteiger charge is 2.50. The van der Waals surface area contributed by atoms with Crippen LogP contribution in [0.3, 0.4) is 0 Å². The third-order valence-corrected chi connectivity index (χ3v) is 4.42. The van der Waals surface area contributed by atoms with E-state index in [2.05, 4.69) is 0 Å². The molecule has 0 bridgehead atoms. The van der Waals surface area contributed by atoms with Gasteiger partial charge in [0, 0.05) is 27.1 Å². The van der Waals surface area contributed by atoms with Crippen LogP contribution < -0.4 is 0 Å². The molecule has 12 heteroatoms. The summed E-state index contributed by atoms with van der Waals surface area (Å²) >= 11 is 0. The molecule has 0 aromatic rings. The highest BCUT2D eigenvalue weighted by molar-refractivity contribution is 5.71. The van der Waals surface area contributed by atoms with Crippen molar-refractivity contribution in [1.29, 1.82) is 0 Å². The third kappa shape index (κ3) is 11.7. The van der Waals surface area contributed by atoms with Crippen molar-refractivity contribution in [2.75, 3.05) is 67.1 Å². The molecule has 33 heavy (non-hydrogen) atoms. The molecular weight excluding hydrogens is 444 g/mol. The Morgan fingerprint density at radius 2 is 1.27 bits per heavy atom. The lowest BCUT2D eigenvalue weighted by molar-refractivity contribution is -0.183. The molecule has 0 aliphatic carbocycles. The van der Waals surface area contributed by atoms with Gasteiger partial charge < -0.3 is 42.6 Å². The molecule has 1 heterocycles. The Kier molecular flexibility index (Phi) is 15.6. The first kappa shape index (κ1) is 29.2. The van der Waals surface area contributed by atoms with Gasteiger partial charge in [-0.3, -0.25) is 9.59 Å². The van der Waals surface area contributed by atoms with Crippen LogP contribution in [0.15, 0.2) is 0 Å². The van der Waals surface area contributed by atoms with Gasteiger partial charge in [-0.1, -0.05) is 13.8 Å². The summed E-state index contributed by atoms with van der Waals surface area (Å²) in [5, 5.41) is 0. The lowest BCUT2D eigenvalue weighted by atomic mass is 10.1. The van der Waals surface area contributed by atoms with Crippen LogP contribution in [0.25, 0.3) is 0 Å². The van der Waals surface area contributed by atoms with Crippen LogP contribution in [0.4, 0.5) is 0 Å². The molecule has 1 rings (SSSR count). The molecule has 1 fully saturated rings. The van der Waals surface area contributed by atoms with Crippen LogP contribution in [0, 0.1) is 0 Å². The standard InChI is InChI=1S/C21H36O12/c1-5-16(22)32-19-15(31-21(26-4)20(19)33-17(23)6-2)13-30-18(24)14-29-12-11-28-10-9-27-8-7-25-3/h15,19-21H,5-14H2,1-4H3/t15-,19?,20+,21-/m1/s1. The average Bonchev–Trinajstić information content (AvgIpc) is 3.14. The van der Waals surface area contributed by atoms with Gasteiger partial charge >= 0.3 is 17.9 Å². The first-order valence-corrected chi connectivity index (χ1v) is 10.9. The second kappa shape index (κ2) is 17.6. The van der Waals surface area contributed by atoms with Crippen molar-refractivity contribution in [2.45, 2.75) is 51.3 Å². The minimum atomic E-state index is -0.980. The molecule has 4 atom stereocenters. The molecule has 0 radical (unpaired) electrons. The van der Waals surface area contributed by atoms with Gasteiger partial charge in [-0.25, -0.2) is 4.79 Å². The number of hydrogen-bond donors (Lipinski definition) is 0. The summed E-state index contributed by atoms with van der Waals surface area (Å²) in [4.78, 5) is 35.6. The average molecular weight is 481 g/mol. The van der Waals surface area contributed by atoms with Gasteiger partial charge in [-0.15, -0.1) is 0 Å². The van der Waals surface area contributed by atoms with Gasteiger partial charge in [-0.05, 0) is 0 Å². The molecule has 1 saturated heterocycles. The predicted octanol–water partition coefficient (Wildman–Crippen LogP) is 0.241. The fourth-order valence-corrected chi connectivity index (χ4v) is 2.71. The quantitative estimate of drug-likeness (QED) is 0.151. The van der Waals surface area contributed by atoms with Gasteiger partial charge in [0.05, 0.1) is 39.6 Å². The fourth-order valence-electron chi connectivity index (χ4n) is 2.71. The van der Waals surface area contributed by atoms with Crippen molar-refractivity contribution in [3.63, 3.8) is 0 Å². The molecular formula is C21H36O12. The molecule has 0 aromatic carbocycles. The summed E-state index contributed by atoms with van der Waals surface area (Å²) in [5.41, 5.74) is 0. The molecule has 1 aliphatic heterocycles. The SMILES string of the molecule is CCC(=O)OC1[C@@H](COC(=O)COCCOCCOCCOC)O[C@@H](OC)[C@H]1OC(=O)CC. The lowest BCUT2D eigenvalue weighted by Gasteiger charge is -2.23. The van der Waals surface area contributed by atoms with E-state index in [0.717, 1.165) is 0 Å². The maximum Gasteiger partial charge on any atom is 0.332 e. The van der Waals surface area contributed by atoms with E-state index in [1.54, 1.807) is 21.0 Å². The molecule has 0 saturated carbocycles. The van der Waals surface area contributed by atoms with Crippen molar-refractivity contribution >= 4 is 17.9 Å². The summed E-state index contributed by atoms with van der Waals surface area (Å²) in [6, 6.07) is 0. The molecule has 0 aromatic heterocycles. The molecule has 12 nitrogen and oxygen atoms in total. The summed E-state index contributed by atoms with van der Waals surface area (Å²) in [7, 11) is 2.96. The van der Waals surface area contributed by atoms with Crippen LogP contribution in [-0.4, -0.2) is 110 Å². The van der Waals surface area contributed by atoms with Crippen LogP contribution in [0.2, 0.25) is 0 Å². The maximum atomic E-state index is 12.0. The van der Waals surface area contributed by atoms with E-state index in [1.807, 2.05) is 0 Å². The van der Waals surface area contributed by atoms with E-state index in [1.165, 1.54) is 7.11 Å². The van der Waals surface area contributed by atoms with Crippen LogP contribution in [0.1, 0.15) is 26.7 Å². The van der Waals surface area contributed by atoms with Crippen LogP contribution in [0.5, 0.6) is 0 Å². The van der Waals surface area contributed by atoms with Gasteiger partial charge in [0.15, 0.2) is 18.5 Å². The molecule has 1 unspecified atom stereocenters. The zero-order valence-corrected chi connectivity index (χ0v) is 19.8. The minimum absolute atomic E-state index is 0.115. The van der Waals surface area contributed by atoms with E-state index in [-0.39, 0.29) is 32.7 Å². The van der Waals surface area contributed by atoms with Crippen molar-refractivity contribution < 1.29 is 57.0 Å². The number of methoxy groups -OCH3 is 2. The summed E-state index contributed by atoms with van der Waals surface area (Å²) in [6.07, 6.45) is -3.55.